The molecule has 0 radical (unpaired) electrons. The molecule has 0 aliphatic rings. The van der Waals surface area contributed by atoms with E-state index in [2.05, 4.69) is 26.2 Å². The highest BCUT2D eigenvalue weighted by Gasteiger charge is 2.13. The standard InChI is InChI=1S/C8H11BrN2O2/c1-5(9)3-10-8(12)7-6(2)11-4-13-7/h4-5H,3H2,1-2H3,(H,10,12). The number of rotatable bonds is 3. The number of halogens is 1. The van der Waals surface area contributed by atoms with E-state index in [0.29, 0.717) is 12.2 Å². The molecular weight excluding hydrogens is 236 g/mol. The summed E-state index contributed by atoms with van der Waals surface area (Å²) in [5, 5.41) is 2.71. The van der Waals surface area contributed by atoms with Crippen molar-refractivity contribution < 1.29 is 9.21 Å². The van der Waals surface area contributed by atoms with Crippen LogP contribution in [-0.4, -0.2) is 22.3 Å². The number of aromatic nitrogens is 1. The smallest absolute Gasteiger partial charge is 0.289 e. The predicted molar refractivity (Wildman–Crippen MR) is 52.0 cm³/mol. The highest BCUT2D eigenvalue weighted by Crippen LogP contribution is 2.04. The summed E-state index contributed by atoms with van der Waals surface area (Å²) in [6.07, 6.45) is 1.27. The van der Waals surface area contributed by atoms with Gasteiger partial charge in [-0.2, -0.15) is 0 Å². The second-order valence-corrected chi connectivity index (χ2v) is 4.32. The second kappa shape index (κ2) is 4.41. The number of alkyl halides is 1. The zero-order chi connectivity index (χ0) is 9.84. The monoisotopic (exact) mass is 246 g/mol. The number of oxazole rings is 1. The quantitative estimate of drug-likeness (QED) is 0.823. The van der Waals surface area contributed by atoms with Gasteiger partial charge < -0.3 is 9.73 Å². The van der Waals surface area contributed by atoms with Crippen LogP contribution in [0.1, 0.15) is 23.2 Å². The van der Waals surface area contributed by atoms with E-state index >= 15 is 0 Å². The van der Waals surface area contributed by atoms with Gasteiger partial charge in [-0.05, 0) is 6.92 Å². The zero-order valence-corrected chi connectivity index (χ0v) is 9.09. The third kappa shape index (κ3) is 2.84. The van der Waals surface area contributed by atoms with Crippen LogP contribution in [0.2, 0.25) is 0 Å². The van der Waals surface area contributed by atoms with Crippen molar-refractivity contribution in [2.24, 2.45) is 0 Å². The minimum Gasteiger partial charge on any atom is -0.438 e. The Balaban J connectivity index is 2.54. The molecular formula is C8H11BrN2O2. The molecule has 4 nitrogen and oxygen atoms in total. The van der Waals surface area contributed by atoms with Crippen LogP contribution in [0.5, 0.6) is 0 Å². The van der Waals surface area contributed by atoms with Gasteiger partial charge in [0.05, 0.1) is 5.69 Å². The number of hydrogen-bond acceptors (Lipinski definition) is 3. The van der Waals surface area contributed by atoms with Crippen molar-refractivity contribution >= 4 is 21.8 Å². The van der Waals surface area contributed by atoms with Crippen molar-refractivity contribution in [3.8, 4) is 0 Å². The lowest BCUT2D eigenvalue weighted by Gasteiger charge is -2.04. The maximum absolute atomic E-state index is 11.4. The Labute approximate surface area is 84.8 Å². The summed E-state index contributed by atoms with van der Waals surface area (Å²) in [6.45, 7) is 4.25. The van der Waals surface area contributed by atoms with Crippen molar-refractivity contribution in [1.82, 2.24) is 10.3 Å². The summed E-state index contributed by atoms with van der Waals surface area (Å²) in [5.41, 5.74) is 0.611. The Morgan fingerprint density at radius 2 is 2.54 bits per heavy atom. The molecule has 1 heterocycles. The van der Waals surface area contributed by atoms with Crippen LogP contribution in [0.15, 0.2) is 10.8 Å². The van der Waals surface area contributed by atoms with Crippen molar-refractivity contribution in [1.29, 1.82) is 0 Å². The molecule has 1 rings (SSSR count). The van der Waals surface area contributed by atoms with Crippen molar-refractivity contribution in [3.05, 3.63) is 17.8 Å². The zero-order valence-electron chi connectivity index (χ0n) is 7.50. The van der Waals surface area contributed by atoms with E-state index in [1.54, 1.807) is 6.92 Å². The van der Waals surface area contributed by atoms with Gasteiger partial charge in [0.2, 0.25) is 5.76 Å². The molecule has 0 aliphatic heterocycles. The van der Waals surface area contributed by atoms with Gasteiger partial charge in [0.1, 0.15) is 0 Å². The number of nitrogens with zero attached hydrogens (tertiary/aromatic N) is 1. The summed E-state index contributed by atoms with van der Waals surface area (Å²) in [7, 11) is 0. The van der Waals surface area contributed by atoms with E-state index in [0.717, 1.165) is 0 Å². The van der Waals surface area contributed by atoms with Crippen LogP contribution in [0, 0.1) is 6.92 Å². The molecule has 72 valence electrons. The van der Waals surface area contributed by atoms with E-state index in [4.69, 9.17) is 4.42 Å². The maximum Gasteiger partial charge on any atom is 0.289 e. The number of nitrogens with one attached hydrogen (secondary N) is 1. The van der Waals surface area contributed by atoms with Gasteiger partial charge in [0, 0.05) is 11.4 Å². The van der Waals surface area contributed by atoms with Gasteiger partial charge in [-0.3, -0.25) is 4.79 Å². The molecule has 1 unspecified atom stereocenters. The average molecular weight is 247 g/mol. The minimum atomic E-state index is -0.221. The third-order valence-corrected chi connectivity index (χ3v) is 1.82. The Hall–Kier alpha value is -0.840. The topological polar surface area (TPSA) is 55.1 Å². The molecule has 0 saturated carbocycles. The van der Waals surface area contributed by atoms with E-state index in [-0.39, 0.29) is 16.5 Å². The number of carbonyl (C=O) groups excluding carboxylic acids is 1. The van der Waals surface area contributed by atoms with E-state index in [1.807, 2.05) is 6.92 Å². The molecule has 0 bridgehead atoms. The highest BCUT2D eigenvalue weighted by molar-refractivity contribution is 9.09. The van der Waals surface area contributed by atoms with Crippen LogP contribution >= 0.6 is 15.9 Å². The fraction of sp³-hybridized carbons (Fsp3) is 0.500. The van der Waals surface area contributed by atoms with Gasteiger partial charge in [0.15, 0.2) is 6.39 Å². The Morgan fingerprint density at radius 1 is 1.85 bits per heavy atom. The molecule has 0 saturated heterocycles. The minimum absolute atomic E-state index is 0.221. The Bertz CT molecular complexity index is 296. The van der Waals surface area contributed by atoms with E-state index < -0.39 is 0 Å². The second-order valence-electron chi connectivity index (χ2n) is 2.76. The van der Waals surface area contributed by atoms with Gasteiger partial charge >= 0.3 is 0 Å². The molecule has 0 aliphatic carbocycles. The first-order valence-electron chi connectivity index (χ1n) is 3.93. The largest absolute Gasteiger partial charge is 0.438 e. The van der Waals surface area contributed by atoms with Crippen LogP contribution in [-0.2, 0) is 0 Å². The fourth-order valence-electron chi connectivity index (χ4n) is 0.833. The SMILES string of the molecule is Cc1ncoc1C(=O)NCC(C)Br. The fourth-order valence-corrected chi connectivity index (χ4v) is 0.995. The first-order valence-corrected chi connectivity index (χ1v) is 4.85. The van der Waals surface area contributed by atoms with Gasteiger partial charge in [-0.15, -0.1) is 0 Å². The lowest BCUT2D eigenvalue weighted by Crippen LogP contribution is -2.28. The molecule has 1 aromatic heterocycles. The molecule has 0 fully saturated rings. The molecule has 1 N–H and O–H groups in total. The predicted octanol–water partition coefficient (Wildman–Crippen LogP) is 1.50. The molecule has 5 heteroatoms. The lowest BCUT2D eigenvalue weighted by atomic mass is 10.3. The summed E-state index contributed by atoms with van der Waals surface area (Å²) in [5.74, 6) is 0.0643. The van der Waals surface area contributed by atoms with Crippen molar-refractivity contribution in [3.63, 3.8) is 0 Å². The summed E-state index contributed by atoms with van der Waals surface area (Å²) >= 11 is 3.32. The van der Waals surface area contributed by atoms with Crippen LogP contribution < -0.4 is 5.32 Å². The highest BCUT2D eigenvalue weighted by atomic mass is 79.9. The number of carbonyl (C=O) groups is 1. The Kier molecular flexibility index (Phi) is 3.48. The Morgan fingerprint density at radius 3 is 3.00 bits per heavy atom. The first kappa shape index (κ1) is 10.2. The maximum atomic E-state index is 11.4. The molecule has 0 aromatic carbocycles. The summed E-state index contributed by atoms with van der Waals surface area (Å²) in [4.78, 5) is 15.4. The summed E-state index contributed by atoms with van der Waals surface area (Å²) in [6, 6.07) is 0. The van der Waals surface area contributed by atoms with Gasteiger partial charge in [0.25, 0.3) is 5.91 Å². The molecule has 1 amide bonds. The molecule has 1 aromatic rings. The van der Waals surface area contributed by atoms with Crippen LogP contribution in [0.4, 0.5) is 0 Å². The van der Waals surface area contributed by atoms with Crippen molar-refractivity contribution in [2.45, 2.75) is 18.7 Å². The van der Waals surface area contributed by atoms with E-state index in [1.165, 1.54) is 6.39 Å². The van der Waals surface area contributed by atoms with E-state index in [9.17, 15) is 4.79 Å². The van der Waals surface area contributed by atoms with Crippen LogP contribution in [0.3, 0.4) is 0 Å². The molecule has 13 heavy (non-hydrogen) atoms. The van der Waals surface area contributed by atoms with Gasteiger partial charge in [-0.25, -0.2) is 4.98 Å². The third-order valence-electron chi connectivity index (χ3n) is 1.50. The first-order chi connectivity index (χ1) is 6.11. The number of amides is 1. The lowest BCUT2D eigenvalue weighted by molar-refractivity contribution is 0.0926. The normalized spacial score (nSPS) is 12.5. The van der Waals surface area contributed by atoms with Gasteiger partial charge in [-0.1, -0.05) is 22.9 Å². The molecule has 1 atom stereocenters. The van der Waals surface area contributed by atoms with Crippen LogP contribution in [0.25, 0.3) is 0 Å². The van der Waals surface area contributed by atoms with Crippen molar-refractivity contribution in [2.75, 3.05) is 6.54 Å². The number of hydrogen-bond donors (Lipinski definition) is 1. The average Bonchev–Trinajstić information content (AvgIpc) is 2.47. The molecule has 0 spiro atoms. The number of aryl methyl sites for hydroxylation is 1. The summed E-state index contributed by atoms with van der Waals surface area (Å²) < 4.78 is 4.92.